The number of rotatable bonds is 2. The van der Waals surface area contributed by atoms with E-state index in [1.54, 1.807) is 13.0 Å². The molecule has 0 aliphatic rings. The molecule has 3 aromatic rings. The average Bonchev–Trinajstić information content (AvgIpc) is 2.62. The molecule has 2 N–H and O–H groups in total. The summed E-state index contributed by atoms with van der Waals surface area (Å²) >= 11 is 6.05. The van der Waals surface area contributed by atoms with Crippen molar-refractivity contribution in [2.45, 2.75) is 11.8 Å². The molecule has 3 rings (SSSR count). The summed E-state index contributed by atoms with van der Waals surface area (Å²) in [6.45, 7) is 1.79. The molecule has 0 radical (unpaired) electrons. The average molecular weight is 382 g/mol. The molecule has 0 aromatic heterocycles. The smallest absolute Gasteiger partial charge is 0.225 e. The number of primary sulfonamides is 1. The third-order valence-electron chi connectivity index (χ3n) is 3.91. The summed E-state index contributed by atoms with van der Waals surface area (Å²) in [5.41, 5.74) is 3.88. The second-order valence-electron chi connectivity index (χ2n) is 5.80. The molecule has 0 unspecified atom stereocenters. The first-order valence-corrected chi connectivity index (χ1v) is 9.78. The van der Waals surface area contributed by atoms with Crippen LogP contribution in [0.4, 0.5) is 0 Å². The van der Waals surface area contributed by atoms with E-state index < -0.39 is 10.0 Å². The maximum atomic E-state index is 11.9. The van der Waals surface area contributed by atoms with Gasteiger partial charge in [-0.1, -0.05) is 72.0 Å². The Morgan fingerprint density at radius 1 is 0.885 bits per heavy atom. The van der Waals surface area contributed by atoms with Crippen LogP contribution in [0, 0.1) is 18.8 Å². The molecule has 5 heteroatoms. The highest BCUT2D eigenvalue weighted by atomic mass is 35.5. The van der Waals surface area contributed by atoms with E-state index in [4.69, 9.17) is 16.7 Å². The lowest BCUT2D eigenvalue weighted by Gasteiger charge is -2.06. The molecular weight excluding hydrogens is 366 g/mol. The highest BCUT2D eigenvalue weighted by molar-refractivity contribution is 7.89. The van der Waals surface area contributed by atoms with Crippen molar-refractivity contribution < 1.29 is 8.42 Å². The molecule has 3 nitrogen and oxygen atoms in total. The summed E-state index contributed by atoms with van der Waals surface area (Å²) in [5.74, 6) is 6.02. The van der Waals surface area contributed by atoms with Crippen LogP contribution in [0.5, 0.6) is 0 Å². The SMILES string of the molecule is Cc1cc(C#Cc2ccccc2-c2ccccc2)c(S(N)(=O)=O)cc1Cl. The minimum absolute atomic E-state index is 0.0715. The number of hydrogen-bond donors (Lipinski definition) is 1. The number of benzene rings is 3. The van der Waals surface area contributed by atoms with E-state index in [0.29, 0.717) is 10.6 Å². The first-order valence-electron chi connectivity index (χ1n) is 7.85. The van der Waals surface area contributed by atoms with Crippen molar-refractivity contribution in [2.24, 2.45) is 5.14 Å². The van der Waals surface area contributed by atoms with Gasteiger partial charge in [-0.25, -0.2) is 13.6 Å². The van der Waals surface area contributed by atoms with Gasteiger partial charge < -0.3 is 0 Å². The molecule has 0 aliphatic heterocycles. The third kappa shape index (κ3) is 3.97. The Morgan fingerprint density at radius 3 is 2.19 bits per heavy atom. The van der Waals surface area contributed by atoms with Crippen molar-refractivity contribution >= 4 is 21.6 Å². The number of hydrogen-bond acceptors (Lipinski definition) is 2. The van der Waals surface area contributed by atoms with E-state index in [0.717, 1.165) is 22.3 Å². The van der Waals surface area contributed by atoms with Gasteiger partial charge in [0.15, 0.2) is 0 Å². The lowest BCUT2D eigenvalue weighted by Crippen LogP contribution is -2.14. The van der Waals surface area contributed by atoms with Gasteiger partial charge in [0.05, 0.1) is 4.90 Å². The van der Waals surface area contributed by atoms with Crippen LogP contribution in [0.1, 0.15) is 16.7 Å². The summed E-state index contributed by atoms with van der Waals surface area (Å²) in [7, 11) is -3.93. The fraction of sp³-hybridized carbons (Fsp3) is 0.0476. The van der Waals surface area contributed by atoms with E-state index >= 15 is 0 Å². The van der Waals surface area contributed by atoms with Crippen LogP contribution in [0.25, 0.3) is 11.1 Å². The van der Waals surface area contributed by atoms with Gasteiger partial charge in [-0.15, -0.1) is 0 Å². The Hall–Kier alpha value is -2.58. The molecule has 0 saturated carbocycles. The molecular formula is C21H16ClNO2S. The van der Waals surface area contributed by atoms with Gasteiger partial charge in [0.2, 0.25) is 10.0 Å². The first-order chi connectivity index (χ1) is 12.4. The Labute approximate surface area is 158 Å². The van der Waals surface area contributed by atoms with Gasteiger partial charge in [0.1, 0.15) is 0 Å². The highest BCUT2D eigenvalue weighted by Crippen LogP contribution is 2.25. The van der Waals surface area contributed by atoms with Gasteiger partial charge in [-0.2, -0.15) is 0 Å². The largest absolute Gasteiger partial charge is 0.239 e. The van der Waals surface area contributed by atoms with Crippen LogP contribution >= 0.6 is 11.6 Å². The summed E-state index contributed by atoms with van der Waals surface area (Å²) in [4.78, 5) is -0.0715. The molecule has 0 fully saturated rings. The summed E-state index contributed by atoms with van der Waals surface area (Å²) in [6, 6.07) is 20.6. The minimum Gasteiger partial charge on any atom is -0.225 e. The molecule has 0 amide bonds. The predicted molar refractivity (Wildman–Crippen MR) is 105 cm³/mol. The standard InChI is InChI=1S/C21H16ClNO2S/c1-15-13-18(21(14-20(15)22)26(23,24)25)12-11-17-9-5-6-10-19(17)16-7-3-2-4-8-16/h2-10,13-14H,1H3,(H2,23,24,25). The maximum absolute atomic E-state index is 11.9. The number of nitrogens with two attached hydrogens (primary N) is 1. The molecule has 0 aliphatic carbocycles. The second-order valence-corrected chi connectivity index (χ2v) is 7.74. The van der Waals surface area contributed by atoms with E-state index in [2.05, 4.69) is 11.8 Å². The zero-order chi connectivity index (χ0) is 18.7. The molecule has 0 spiro atoms. The van der Waals surface area contributed by atoms with Crippen molar-refractivity contribution in [2.75, 3.05) is 0 Å². The zero-order valence-corrected chi connectivity index (χ0v) is 15.6. The fourth-order valence-electron chi connectivity index (χ4n) is 2.59. The Kier molecular flexibility index (Phi) is 5.15. The Bertz CT molecular complexity index is 1130. The first kappa shape index (κ1) is 18.2. The molecule has 0 heterocycles. The van der Waals surface area contributed by atoms with E-state index in [9.17, 15) is 8.42 Å². The minimum atomic E-state index is -3.93. The Balaban J connectivity index is 2.14. The van der Waals surface area contributed by atoms with Crippen molar-refractivity contribution in [3.8, 4) is 23.0 Å². The summed E-state index contributed by atoms with van der Waals surface area (Å²) in [5, 5.41) is 5.65. The molecule has 0 saturated heterocycles. The predicted octanol–water partition coefficient (Wildman–Crippen LogP) is 4.36. The highest BCUT2D eigenvalue weighted by Gasteiger charge is 2.15. The lowest BCUT2D eigenvalue weighted by atomic mass is 10.00. The van der Waals surface area contributed by atoms with E-state index in [-0.39, 0.29) is 4.90 Å². The van der Waals surface area contributed by atoms with Gasteiger partial charge in [-0.05, 0) is 41.8 Å². The molecule has 26 heavy (non-hydrogen) atoms. The van der Waals surface area contributed by atoms with E-state index in [1.165, 1.54) is 6.07 Å². The summed E-state index contributed by atoms with van der Waals surface area (Å²) in [6.07, 6.45) is 0. The fourth-order valence-corrected chi connectivity index (χ4v) is 3.52. The molecule has 0 bridgehead atoms. The van der Waals surface area contributed by atoms with Crippen LogP contribution in [-0.2, 0) is 10.0 Å². The van der Waals surface area contributed by atoms with Crippen LogP contribution < -0.4 is 5.14 Å². The second kappa shape index (κ2) is 7.35. The number of halogens is 1. The quantitative estimate of drug-likeness (QED) is 0.670. The van der Waals surface area contributed by atoms with E-state index in [1.807, 2.05) is 54.6 Å². The lowest BCUT2D eigenvalue weighted by molar-refractivity contribution is 0.597. The third-order valence-corrected chi connectivity index (χ3v) is 5.27. The van der Waals surface area contributed by atoms with Gasteiger partial charge in [0.25, 0.3) is 0 Å². The van der Waals surface area contributed by atoms with Crippen molar-refractivity contribution in [3.63, 3.8) is 0 Å². The van der Waals surface area contributed by atoms with Gasteiger partial charge in [-0.3, -0.25) is 0 Å². The zero-order valence-electron chi connectivity index (χ0n) is 14.0. The molecule has 3 aromatic carbocycles. The maximum Gasteiger partial charge on any atom is 0.239 e. The van der Waals surface area contributed by atoms with Gasteiger partial charge >= 0.3 is 0 Å². The Morgan fingerprint density at radius 2 is 1.50 bits per heavy atom. The molecule has 0 atom stereocenters. The van der Waals surface area contributed by atoms with Crippen LogP contribution in [-0.4, -0.2) is 8.42 Å². The van der Waals surface area contributed by atoms with Crippen LogP contribution in [0.3, 0.4) is 0 Å². The van der Waals surface area contributed by atoms with Crippen molar-refractivity contribution in [1.82, 2.24) is 0 Å². The molecule has 130 valence electrons. The monoisotopic (exact) mass is 381 g/mol. The van der Waals surface area contributed by atoms with Crippen molar-refractivity contribution in [3.05, 3.63) is 88.4 Å². The number of aryl methyl sites for hydroxylation is 1. The normalized spacial score (nSPS) is 10.9. The number of sulfonamides is 1. The summed E-state index contributed by atoms with van der Waals surface area (Å²) < 4.78 is 23.7. The van der Waals surface area contributed by atoms with Crippen molar-refractivity contribution in [1.29, 1.82) is 0 Å². The van der Waals surface area contributed by atoms with Crippen LogP contribution in [0.15, 0.2) is 71.6 Å². The topological polar surface area (TPSA) is 60.2 Å². The van der Waals surface area contributed by atoms with Gasteiger partial charge in [0, 0.05) is 16.1 Å². The van der Waals surface area contributed by atoms with Crippen LogP contribution in [0.2, 0.25) is 5.02 Å².